The number of hydrogen-bond donors (Lipinski definition) is 3. The van der Waals surface area contributed by atoms with Gasteiger partial charge >= 0.3 is 0 Å². The standard InChI is InChI=1S/C11H18N4O/c1-8-6-13-15-9(8)14-10(16)11(7-12)4-2-3-5-11/h6H,2-5,7,12H2,1H3,(H2,13,14,15,16). The number of nitrogens with zero attached hydrogens (tertiary/aromatic N) is 1. The van der Waals surface area contributed by atoms with Crippen LogP contribution in [0.1, 0.15) is 31.2 Å². The van der Waals surface area contributed by atoms with Crippen molar-refractivity contribution in [3.63, 3.8) is 0 Å². The normalized spacial score (nSPS) is 18.6. The highest BCUT2D eigenvalue weighted by atomic mass is 16.2. The first-order valence-corrected chi connectivity index (χ1v) is 5.69. The second-order valence-corrected chi connectivity index (χ2v) is 4.57. The molecule has 1 aliphatic rings. The lowest BCUT2D eigenvalue weighted by molar-refractivity contribution is -0.124. The summed E-state index contributed by atoms with van der Waals surface area (Å²) in [6.45, 7) is 2.33. The van der Waals surface area contributed by atoms with Gasteiger partial charge in [0.25, 0.3) is 0 Å². The summed E-state index contributed by atoms with van der Waals surface area (Å²) in [7, 11) is 0. The molecule has 5 heteroatoms. The zero-order chi connectivity index (χ0) is 11.6. The van der Waals surface area contributed by atoms with E-state index in [1.165, 1.54) is 0 Å². The molecule has 1 saturated carbocycles. The van der Waals surface area contributed by atoms with Crippen molar-refractivity contribution in [3.05, 3.63) is 11.8 Å². The first-order valence-electron chi connectivity index (χ1n) is 5.69. The molecule has 2 rings (SSSR count). The maximum absolute atomic E-state index is 12.2. The molecule has 1 fully saturated rings. The van der Waals surface area contributed by atoms with E-state index in [9.17, 15) is 4.79 Å². The number of aromatic nitrogens is 2. The number of carbonyl (C=O) groups excluding carboxylic acids is 1. The number of hydrogen-bond acceptors (Lipinski definition) is 3. The van der Waals surface area contributed by atoms with Crippen LogP contribution in [0.2, 0.25) is 0 Å². The summed E-state index contributed by atoms with van der Waals surface area (Å²) in [5, 5.41) is 9.54. The summed E-state index contributed by atoms with van der Waals surface area (Å²) in [6.07, 6.45) is 5.66. The lowest BCUT2D eigenvalue weighted by Gasteiger charge is -2.25. The minimum Gasteiger partial charge on any atom is -0.329 e. The van der Waals surface area contributed by atoms with Crippen LogP contribution >= 0.6 is 0 Å². The van der Waals surface area contributed by atoms with Crippen LogP contribution in [-0.4, -0.2) is 22.6 Å². The first-order chi connectivity index (χ1) is 7.68. The van der Waals surface area contributed by atoms with Gasteiger partial charge in [0.15, 0.2) is 0 Å². The van der Waals surface area contributed by atoms with Crippen molar-refractivity contribution in [2.75, 3.05) is 11.9 Å². The van der Waals surface area contributed by atoms with E-state index in [0.29, 0.717) is 12.4 Å². The number of H-pyrrole nitrogens is 1. The molecule has 5 nitrogen and oxygen atoms in total. The third kappa shape index (κ3) is 1.82. The lowest BCUT2D eigenvalue weighted by Crippen LogP contribution is -2.40. The maximum Gasteiger partial charge on any atom is 0.233 e. The SMILES string of the molecule is Cc1cn[nH]c1NC(=O)C1(CN)CCCC1. The Morgan fingerprint density at radius 2 is 2.31 bits per heavy atom. The smallest absolute Gasteiger partial charge is 0.233 e. The highest BCUT2D eigenvalue weighted by Crippen LogP contribution is 2.38. The average molecular weight is 222 g/mol. The number of nitrogens with one attached hydrogen (secondary N) is 2. The molecule has 0 bridgehead atoms. The fraction of sp³-hybridized carbons (Fsp3) is 0.636. The predicted molar refractivity (Wildman–Crippen MR) is 61.9 cm³/mol. The van der Waals surface area contributed by atoms with Crippen LogP contribution in [0.15, 0.2) is 6.20 Å². The summed E-state index contributed by atoms with van der Waals surface area (Å²) in [5.41, 5.74) is 6.33. The van der Waals surface area contributed by atoms with Gasteiger partial charge in [0, 0.05) is 12.1 Å². The van der Waals surface area contributed by atoms with Crippen LogP contribution in [0.25, 0.3) is 0 Å². The van der Waals surface area contributed by atoms with Gasteiger partial charge in [0.05, 0.1) is 11.6 Å². The molecule has 1 aromatic rings. The van der Waals surface area contributed by atoms with Crippen molar-refractivity contribution in [1.82, 2.24) is 10.2 Å². The van der Waals surface area contributed by atoms with Crippen LogP contribution in [0.3, 0.4) is 0 Å². The molecule has 1 aliphatic carbocycles. The van der Waals surface area contributed by atoms with Gasteiger partial charge in [0.1, 0.15) is 5.82 Å². The van der Waals surface area contributed by atoms with Crippen LogP contribution in [-0.2, 0) is 4.79 Å². The van der Waals surface area contributed by atoms with Gasteiger partial charge in [-0.15, -0.1) is 0 Å². The Bertz CT molecular complexity index is 379. The summed E-state index contributed by atoms with van der Waals surface area (Å²) in [5.74, 6) is 0.713. The molecule has 0 unspecified atom stereocenters. The minimum atomic E-state index is -0.364. The second-order valence-electron chi connectivity index (χ2n) is 4.57. The Balaban J connectivity index is 2.10. The Hall–Kier alpha value is -1.36. The summed E-state index contributed by atoms with van der Waals surface area (Å²) < 4.78 is 0. The molecule has 1 aromatic heterocycles. The van der Waals surface area contributed by atoms with Crippen LogP contribution in [0.4, 0.5) is 5.82 Å². The van der Waals surface area contributed by atoms with Gasteiger partial charge in [-0.1, -0.05) is 12.8 Å². The number of nitrogens with two attached hydrogens (primary N) is 1. The molecule has 1 heterocycles. The monoisotopic (exact) mass is 222 g/mol. The van der Waals surface area contributed by atoms with Crippen molar-refractivity contribution in [3.8, 4) is 0 Å². The molecule has 0 aliphatic heterocycles. The van der Waals surface area contributed by atoms with Crippen molar-refractivity contribution < 1.29 is 4.79 Å². The molecule has 0 saturated heterocycles. The maximum atomic E-state index is 12.2. The van der Waals surface area contributed by atoms with E-state index < -0.39 is 0 Å². The summed E-state index contributed by atoms with van der Waals surface area (Å²) in [4.78, 5) is 12.2. The highest BCUT2D eigenvalue weighted by molar-refractivity contribution is 5.95. The molecular weight excluding hydrogens is 204 g/mol. The van der Waals surface area contributed by atoms with Gasteiger partial charge in [0.2, 0.25) is 5.91 Å². The zero-order valence-electron chi connectivity index (χ0n) is 9.55. The lowest BCUT2D eigenvalue weighted by atomic mass is 9.85. The molecule has 4 N–H and O–H groups in total. The van der Waals surface area contributed by atoms with Crippen molar-refractivity contribution in [1.29, 1.82) is 0 Å². The van der Waals surface area contributed by atoms with Gasteiger partial charge < -0.3 is 11.1 Å². The topological polar surface area (TPSA) is 83.8 Å². The van der Waals surface area contributed by atoms with Crippen LogP contribution in [0.5, 0.6) is 0 Å². The van der Waals surface area contributed by atoms with E-state index >= 15 is 0 Å². The summed E-state index contributed by atoms with van der Waals surface area (Å²) in [6, 6.07) is 0. The number of anilines is 1. The van der Waals surface area contributed by atoms with Crippen molar-refractivity contribution in [2.24, 2.45) is 11.1 Å². The first kappa shape index (κ1) is 11.1. The third-order valence-corrected chi connectivity index (χ3v) is 3.50. The number of aromatic amines is 1. The summed E-state index contributed by atoms with van der Waals surface area (Å²) >= 11 is 0. The quantitative estimate of drug-likeness (QED) is 0.718. The van der Waals surface area contributed by atoms with Crippen molar-refractivity contribution >= 4 is 11.7 Å². The van der Waals surface area contributed by atoms with E-state index in [1.54, 1.807) is 6.20 Å². The zero-order valence-corrected chi connectivity index (χ0v) is 9.55. The fourth-order valence-corrected chi connectivity index (χ4v) is 2.29. The van der Waals surface area contributed by atoms with Crippen LogP contribution in [0, 0.1) is 12.3 Å². The molecular formula is C11H18N4O. The Kier molecular flexibility index (Phi) is 2.96. The van der Waals surface area contributed by atoms with E-state index in [-0.39, 0.29) is 11.3 Å². The van der Waals surface area contributed by atoms with Gasteiger partial charge in [-0.25, -0.2) is 0 Å². The molecule has 0 spiro atoms. The number of carbonyl (C=O) groups is 1. The Labute approximate surface area is 94.8 Å². The number of amides is 1. The van der Waals surface area contributed by atoms with Gasteiger partial charge in [-0.3, -0.25) is 9.89 Å². The van der Waals surface area contributed by atoms with Gasteiger partial charge in [-0.2, -0.15) is 5.10 Å². The number of rotatable bonds is 3. The fourth-order valence-electron chi connectivity index (χ4n) is 2.29. The predicted octanol–water partition coefficient (Wildman–Crippen LogP) is 1.18. The van der Waals surface area contributed by atoms with E-state index in [1.807, 2.05) is 6.92 Å². The van der Waals surface area contributed by atoms with E-state index in [0.717, 1.165) is 31.2 Å². The minimum absolute atomic E-state index is 0.0276. The Morgan fingerprint density at radius 1 is 1.62 bits per heavy atom. The molecule has 88 valence electrons. The van der Waals surface area contributed by atoms with Gasteiger partial charge in [-0.05, 0) is 19.8 Å². The number of aryl methyl sites for hydroxylation is 1. The van der Waals surface area contributed by atoms with E-state index in [4.69, 9.17) is 5.73 Å². The second kappa shape index (κ2) is 4.25. The van der Waals surface area contributed by atoms with Crippen LogP contribution < -0.4 is 11.1 Å². The average Bonchev–Trinajstić information content (AvgIpc) is 2.89. The highest BCUT2D eigenvalue weighted by Gasteiger charge is 2.40. The third-order valence-electron chi connectivity index (χ3n) is 3.50. The largest absolute Gasteiger partial charge is 0.329 e. The van der Waals surface area contributed by atoms with Crippen molar-refractivity contribution in [2.45, 2.75) is 32.6 Å². The van der Waals surface area contributed by atoms with E-state index in [2.05, 4.69) is 15.5 Å². The Morgan fingerprint density at radius 3 is 2.81 bits per heavy atom. The molecule has 0 atom stereocenters. The molecule has 0 radical (unpaired) electrons. The molecule has 16 heavy (non-hydrogen) atoms. The molecule has 0 aromatic carbocycles. The molecule has 1 amide bonds.